The van der Waals surface area contributed by atoms with Gasteiger partial charge in [0.15, 0.2) is 0 Å². The topological polar surface area (TPSA) is 107 Å². The van der Waals surface area contributed by atoms with Gasteiger partial charge in [-0.2, -0.15) is 9.98 Å². The van der Waals surface area contributed by atoms with Crippen molar-refractivity contribution in [1.29, 1.82) is 5.26 Å². The van der Waals surface area contributed by atoms with Crippen LogP contribution in [-0.2, 0) is 21.2 Å². The van der Waals surface area contributed by atoms with Crippen LogP contribution in [0.25, 0.3) is 10.8 Å². The maximum absolute atomic E-state index is 12.7. The second-order valence-electron chi connectivity index (χ2n) is 6.04. The molecule has 3 rings (SSSR count). The van der Waals surface area contributed by atoms with Crippen LogP contribution in [0, 0.1) is 11.3 Å². The molecule has 2 N–H and O–H groups in total. The van der Waals surface area contributed by atoms with Gasteiger partial charge in [0.1, 0.15) is 6.04 Å². The molecular weight excluding hydrogens is 364 g/mol. The second-order valence-corrected chi connectivity index (χ2v) is 7.75. The van der Waals surface area contributed by atoms with Gasteiger partial charge in [-0.1, -0.05) is 42.5 Å². The van der Waals surface area contributed by atoms with Gasteiger partial charge in [-0.25, -0.2) is 8.42 Å². The minimum Gasteiger partial charge on any atom is -0.480 e. The first-order valence-electron chi connectivity index (χ1n) is 8.12. The van der Waals surface area contributed by atoms with Crippen LogP contribution in [0.2, 0.25) is 0 Å². The van der Waals surface area contributed by atoms with E-state index in [2.05, 4.69) is 4.72 Å². The van der Waals surface area contributed by atoms with Crippen LogP contribution < -0.4 is 4.72 Å². The summed E-state index contributed by atoms with van der Waals surface area (Å²) in [7, 11) is -4.03. The van der Waals surface area contributed by atoms with Gasteiger partial charge in [-0.15, -0.1) is 0 Å². The van der Waals surface area contributed by atoms with E-state index in [0.717, 1.165) is 10.8 Å². The van der Waals surface area contributed by atoms with E-state index in [0.29, 0.717) is 11.1 Å². The standard InChI is InChI=1S/C20H16N2O4S/c21-13-15-5-3-4-14(10-15)11-19(20(23)24)22-27(25,26)18-9-8-16-6-1-2-7-17(16)12-18/h1-10,12,19,22H,11H2,(H,23,24)/t19-/m0/s1. The van der Waals surface area contributed by atoms with Gasteiger partial charge in [-0.05, 0) is 47.0 Å². The Hall–Kier alpha value is -3.21. The quantitative estimate of drug-likeness (QED) is 0.684. The average Bonchev–Trinajstić information content (AvgIpc) is 2.67. The summed E-state index contributed by atoms with van der Waals surface area (Å²) in [6.45, 7) is 0. The van der Waals surface area contributed by atoms with Crippen LogP contribution in [0.5, 0.6) is 0 Å². The Morgan fingerprint density at radius 1 is 1.04 bits per heavy atom. The number of nitrogens with zero attached hydrogens (tertiary/aromatic N) is 1. The van der Waals surface area contributed by atoms with Crippen LogP contribution in [0.1, 0.15) is 11.1 Å². The highest BCUT2D eigenvalue weighted by molar-refractivity contribution is 7.89. The fourth-order valence-corrected chi connectivity index (χ4v) is 4.00. The van der Waals surface area contributed by atoms with E-state index in [-0.39, 0.29) is 11.3 Å². The number of nitriles is 1. The smallest absolute Gasteiger partial charge is 0.322 e. The second kappa shape index (κ2) is 7.58. The van der Waals surface area contributed by atoms with Crippen molar-refractivity contribution in [3.63, 3.8) is 0 Å². The Morgan fingerprint density at radius 2 is 1.78 bits per heavy atom. The first-order chi connectivity index (χ1) is 12.9. The van der Waals surface area contributed by atoms with Crippen molar-refractivity contribution in [2.24, 2.45) is 0 Å². The lowest BCUT2D eigenvalue weighted by Gasteiger charge is -2.15. The molecule has 0 aliphatic rings. The molecule has 1 atom stereocenters. The Morgan fingerprint density at radius 3 is 2.48 bits per heavy atom. The number of aliphatic carboxylic acids is 1. The van der Waals surface area contributed by atoms with Gasteiger partial charge in [0.2, 0.25) is 10.0 Å². The molecule has 0 amide bonds. The van der Waals surface area contributed by atoms with Crippen LogP contribution >= 0.6 is 0 Å². The van der Waals surface area contributed by atoms with Gasteiger partial charge in [-0.3, -0.25) is 4.79 Å². The summed E-state index contributed by atoms with van der Waals surface area (Å²) >= 11 is 0. The summed E-state index contributed by atoms with van der Waals surface area (Å²) in [6.07, 6.45) is -0.0718. The summed E-state index contributed by atoms with van der Waals surface area (Å²) in [6, 6.07) is 19.0. The summed E-state index contributed by atoms with van der Waals surface area (Å²) in [4.78, 5) is 11.6. The molecule has 136 valence electrons. The molecule has 3 aromatic carbocycles. The van der Waals surface area contributed by atoms with E-state index in [9.17, 15) is 18.3 Å². The van der Waals surface area contributed by atoms with Crippen molar-refractivity contribution in [2.75, 3.05) is 0 Å². The number of sulfonamides is 1. The SMILES string of the molecule is N#Cc1cccc(C[C@H](NS(=O)(=O)c2ccc3ccccc3c2)C(=O)O)c1. The van der Waals surface area contributed by atoms with E-state index in [4.69, 9.17) is 5.26 Å². The molecule has 0 fully saturated rings. The van der Waals surface area contributed by atoms with E-state index in [1.165, 1.54) is 12.1 Å². The zero-order valence-electron chi connectivity index (χ0n) is 14.2. The maximum Gasteiger partial charge on any atom is 0.322 e. The van der Waals surface area contributed by atoms with Crippen molar-refractivity contribution in [3.05, 3.63) is 77.9 Å². The van der Waals surface area contributed by atoms with Crippen molar-refractivity contribution in [2.45, 2.75) is 17.4 Å². The summed E-state index contributed by atoms with van der Waals surface area (Å²) in [5.41, 5.74) is 0.941. The summed E-state index contributed by atoms with van der Waals surface area (Å²) in [5, 5.41) is 20.0. The minimum atomic E-state index is -4.03. The molecule has 0 aliphatic heterocycles. The zero-order chi connectivity index (χ0) is 19.4. The molecule has 27 heavy (non-hydrogen) atoms. The molecule has 0 aromatic heterocycles. The molecule has 7 heteroatoms. The molecule has 0 saturated carbocycles. The number of nitrogens with one attached hydrogen (secondary N) is 1. The van der Waals surface area contributed by atoms with Crippen molar-refractivity contribution < 1.29 is 18.3 Å². The van der Waals surface area contributed by atoms with Gasteiger partial charge < -0.3 is 5.11 Å². The Kier molecular flexibility index (Phi) is 5.21. The van der Waals surface area contributed by atoms with Crippen LogP contribution in [0.3, 0.4) is 0 Å². The molecule has 6 nitrogen and oxygen atoms in total. The van der Waals surface area contributed by atoms with Gasteiger partial charge in [0.05, 0.1) is 16.5 Å². The number of hydrogen-bond donors (Lipinski definition) is 2. The van der Waals surface area contributed by atoms with Crippen LogP contribution in [-0.4, -0.2) is 25.5 Å². The third-order valence-corrected chi connectivity index (χ3v) is 5.59. The number of carboxylic acids is 1. The van der Waals surface area contributed by atoms with Crippen LogP contribution in [0.4, 0.5) is 0 Å². The molecule has 3 aromatic rings. The lowest BCUT2D eigenvalue weighted by molar-refractivity contribution is -0.138. The Labute approximate surface area is 156 Å². The molecule has 0 aliphatic carbocycles. The predicted molar refractivity (Wildman–Crippen MR) is 101 cm³/mol. The number of rotatable bonds is 6. The lowest BCUT2D eigenvalue weighted by Crippen LogP contribution is -2.42. The van der Waals surface area contributed by atoms with Crippen LogP contribution in [0.15, 0.2) is 71.6 Å². The molecule has 0 spiro atoms. The molecule has 0 unspecified atom stereocenters. The van der Waals surface area contributed by atoms with E-state index >= 15 is 0 Å². The fraction of sp³-hybridized carbons (Fsp3) is 0.100. The fourth-order valence-electron chi connectivity index (χ4n) is 2.77. The van der Waals surface area contributed by atoms with Gasteiger partial charge >= 0.3 is 5.97 Å². The highest BCUT2D eigenvalue weighted by atomic mass is 32.2. The highest BCUT2D eigenvalue weighted by Crippen LogP contribution is 2.19. The predicted octanol–water partition coefficient (Wildman–Crippen LogP) is 2.69. The normalized spacial score (nSPS) is 12.4. The summed E-state index contributed by atoms with van der Waals surface area (Å²) in [5.74, 6) is -1.29. The van der Waals surface area contributed by atoms with E-state index < -0.39 is 22.0 Å². The van der Waals surface area contributed by atoms with Crippen molar-refractivity contribution in [1.82, 2.24) is 4.72 Å². The highest BCUT2D eigenvalue weighted by Gasteiger charge is 2.26. The number of carbonyl (C=O) groups is 1. The Balaban J connectivity index is 1.87. The van der Waals surface area contributed by atoms with Crippen molar-refractivity contribution >= 4 is 26.8 Å². The van der Waals surface area contributed by atoms with Crippen molar-refractivity contribution in [3.8, 4) is 6.07 Å². The molecule has 0 heterocycles. The minimum absolute atomic E-state index is 0.00164. The number of benzene rings is 3. The molecule has 0 radical (unpaired) electrons. The number of fused-ring (bicyclic) bond motifs is 1. The third kappa shape index (κ3) is 4.31. The molecular formula is C20H16N2O4S. The molecule has 0 bridgehead atoms. The first-order valence-corrected chi connectivity index (χ1v) is 9.60. The monoisotopic (exact) mass is 380 g/mol. The average molecular weight is 380 g/mol. The maximum atomic E-state index is 12.7. The summed E-state index contributed by atoms with van der Waals surface area (Å²) < 4.78 is 27.6. The van der Waals surface area contributed by atoms with E-state index in [1.54, 1.807) is 42.5 Å². The van der Waals surface area contributed by atoms with Gasteiger partial charge in [0.25, 0.3) is 0 Å². The first kappa shape index (κ1) is 18.6. The number of carboxylic acid groups (broad SMARTS) is 1. The number of hydrogen-bond acceptors (Lipinski definition) is 4. The zero-order valence-corrected chi connectivity index (χ0v) is 15.0. The van der Waals surface area contributed by atoms with E-state index in [1.807, 2.05) is 18.2 Å². The largest absolute Gasteiger partial charge is 0.480 e. The third-order valence-electron chi connectivity index (χ3n) is 4.12. The lowest BCUT2D eigenvalue weighted by atomic mass is 10.0. The Bertz CT molecular complexity index is 1150. The molecule has 0 saturated heterocycles. The van der Waals surface area contributed by atoms with Gasteiger partial charge in [0, 0.05) is 0 Å².